The van der Waals surface area contributed by atoms with Gasteiger partial charge >= 0.3 is 0 Å². The van der Waals surface area contributed by atoms with Crippen molar-refractivity contribution in [3.8, 4) is 5.75 Å². The van der Waals surface area contributed by atoms with Gasteiger partial charge in [-0.05, 0) is 53.9 Å². The minimum absolute atomic E-state index is 0.00296. The summed E-state index contributed by atoms with van der Waals surface area (Å²) in [6.45, 7) is 2.60. The number of hydrogen-bond donors (Lipinski definition) is 2. The predicted octanol–water partition coefficient (Wildman–Crippen LogP) is 4.77. The van der Waals surface area contributed by atoms with Crippen LogP contribution in [0.4, 0.5) is 0 Å². The van der Waals surface area contributed by atoms with E-state index in [4.69, 9.17) is 16.3 Å². The summed E-state index contributed by atoms with van der Waals surface area (Å²) in [6.07, 6.45) is 1.20. The molecule has 0 spiro atoms. The van der Waals surface area contributed by atoms with Gasteiger partial charge in [0, 0.05) is 43.4 Å². The van der Waals surface area contributed by atoms with Crippen molar-refractivity contribution in [1.29, 1.82) is 0 Å². The number of amides is 2. The molecule has 1 fully saturated rings. The van der Waals surface area contributed by atoms with E-state index >= 15 is 0 Å². The van der Waals surface area contributed by atoms with Gasteiger partial charge in [0.2, 0.25) is 11.8 Å². The molecule has 0 saturated carbocycles. The lowest BCUT2D eigenvalue weighted by atomic mass is 9.84. The Labute approximate surface area is 224 Å². The molecular formula is C30H34ClN3O3. The third-order valence-corrected chi connectivity index (χ3v) is 7.07. The molecule has 0 bridgehead atoms. The van der Waals surface area contributed by atoms with Crippen LogP contribution in [0.15, 0.2) is 78.9 Å². The van der Waals surface area contributed by atoms with E-state index < -0.39 is 0 Å². The zero-order chi connectivity index (χ0) is 26.0. The highest BCUT2D eigenvalue weighted by molar-refractivity contribution is 6.30. The van der Waals surface area contributed by atoms with Crippen LogP contribution < -0.4 is 15.4 Å². The minimum atomic E-state index is -0.133. The monoisotopic (exact) mass is 519 g/mol. The molecule has 2 N–H and O–H groups in total. The number of ether oxygens (including phenoxy) is 1. The predicted molar refractivity (Wildman–Crippen MR) is 147 cm³/mol. The molecule has 1 saturated heterocycles. The molecule has 6 nitrogen and oxygen atoms in total. The summed E-state index contributed by atoms with van der Waals surface area (Å²) in [4.78, 5) is 28.0. The van der Waals surface area contributed by atoms with E-state index in [1.165, 1.54) is 0 Å². The lowest BCUT2D eigenvalue weighted by molar-refractivity contribution is -0.135. The summed E-state index contributed by atoms with van der Waals surface area (Å²) >= 11 is 6.18. The number of benzene rings is 3. The second-order valence-corrected chi connectivity index (χ2v) is 9.71. The summed E-state index contributed by atoms with van der Waals surface area (Å²) in [5.74, 6) is 0.626. The lowest BCUT2D eigenvalue weighted by Gasteiger charge is -2.36. The Morgan fingerprint density at radius 3 is 2.41 bits per heavy atom. The fourth-order valence-corrected chi connectivity index (χ4v) is 5.00. The van der Waals surface area contributed by atoms with E-state index in [1.54, 1.807) is 7.11 Å². The van der Waals surface area contributed by atoms with Crippen molar-refractivity contribution >= 4 is 23.4 Å². The van der Waals surface area contributed by atoms with Crippen molar-refractivity contribution in [2.45, 2.75) is 37.8 Å². The number of carbonyl (C=O) groups is 2. The zero-order valence-corrected chi connectivity index (χ0v) is 21.9. The van der Waals surface area contributed by atoms with Gasteiger partial charge in [-0.1, -0.05) is 66.2 Å². The molecule has 0 aromatic heterocycles. The van der Waals surface area contributed by atoms with Crippen LogP contribution >= 0.6 is 11.6 Å². The van der Waals surface area contributed by atoms with Crippen molar-refractivity contribution in [1.82, 2.24) is 15.5 Å². The highest BCUT2D eigenvalue weighted by Gasteiger charge is 2.33. The molecule has 3 aromatic rings. The number of methoxy groups -OCH3 is 1. The third-order valence-electron chi connectivity index (χ3n) is 6.81. The molecule has 0 aliphatic carbocycles. The van der Waals surface area contributed by atoms with Crippen LogP contribution in [0.5, 0.6) is 5.75 Å². The fraction of sp³-hybridized carbons (Fsp3) is 0.333. The molecule has 1 aliphatic heterocycles. The molecule has 4 rings (SSSR count). The van der Waals surface area contributed by atoms with Gasteiger partial charge < -0.3 is 20.3 Å². The Morgan fingerprint density at radius 2 is 1.70 bits per heavy atom. The molecule has 7 heteroatoms. The summed E-state index contributed by atoms with van der Waals surface area (Å²) in [5, 5.41) is 7.12. The number of carbonyl (C=O) groups excluding carboxylic acids is 2. The highest BCUT2D eigenvalue weighted by atomic mass is 35.5. The Morgan fingerprint density at radius 1 is 1.00 bits per heavy atom. The number of rotatable bonds is 9. The summed E-state index contributed by atoms with van der Waals surface area (Å²) in [7, 11) is 1.62. The van der Waals surface area contributed by atoms with Crippen molar-refractivity contribution in [3.05, 3.63) is 101 Å². The quantitative estimate of drug-likeness (QED) is 0.427. The highest BCUT2D eigenvalue weighted by Crippen LogP contribution is 2.33. The minimum Gasteiger partial charge on any atom is -0.497 e. The van der Waals surface area contributed by atoms with Crippen LogP contribution in [0, 0.1) is 0 Å². The van der Waals surface area contributed by atoms with Crippen LogP contribution in [0.1, 0.15) is 41.9 Å². The van der Waals surface area contributed by atoms with Crippen LogP contribution in [0.2, 0.25) is 5.02 Å². The number of hydrogen-bond acceptors (Lipinski definition) is 4. The van der Waals surface area contributed by atoms with Crippen molar-refractivity contribution in [2.75, 3.05) is 26.7 Å². The van der Waals surface area contributed by atoms with Gasteiger partial charge in [-0.15, -0.1) is 0 Å². The lowest BCUT2D eigenvalue weighted by Crippen LogP contribution is -2.47. The van der Waals surface area contributed by atoms with Gasteiger partial charge in [0.05, 0.1) is 13.2 Å². The molecule has 37 heavy (non-hydrogen) atoms. The van der Waals surface area contributed by atoms with Gasteiger partial charge in [-0.3, -0.25) is 9.59 Å². The topological polar surface area (TPSA) is 70.7 Å². The van der Waals surface area contributed by atoms with E-state index in [0.29, 0.717) is 24.7 Å². The van der Waals surface area contributed by atoms with Crippen LogP contribution in [0.25, 0.3) is 0 Å². The Hall–Kier alpha value is -3.35. The van der Waals surface area contributed by atoms with E-state index in [2.05, 4.69) is 22.8 Å². The molecule has 1 heterocycles. The van der Waals surface area contributed by atoms with Gasteiger partial charge in [0.15, 0.2) is 0 Å². The summed E-state index contributed by atoms with van der Waals surface area (Å²) in [5.41, 5.74) is 3.24. The van der Waals surface area contributed by atoms with Gasteiger partial charge in [0.1, 0.15) is 5.75 Å². The largest absolute Gasteiger partial charge is 0.497 e. The summed E-state index contributed by atoms with van der Waals surface area (Å²) < 4.78 is 5.17. The van der Waals surface area contributed by atoms with E-state index in [9.17, 15) is 9.59 Å². The van der Waals surface area contributed by atoms with Gasteiger partial charge in [0.25, 0.3) is 0 Å². The molecule has 0 radical (unpaired) electrons. The molecule has 2 amide bonds. The first-order valence-electron chi connectivity index (χ1n) is 12.8. The third kappa shape index (κ3) is 7.34. The van der Waals surface area contributed by atoms with Gasteiger partial charge in [-0.25, -0.2) is 0 Å². The average Bonchev–Trinajstić information content (AvgIpc) is 3.19. The maximum absolute atomic E-state index is 13.5. The summed E-state index contributed by atoms with van der Waals surface area (Å²) in [6, 6.07) is 25.6. The number of nitrogens with one attached hydrogen (secondary N) is 2. The Balaban J connectivity index is 1.45. The van der Waals surface area contributed by atoms with Crippen LogP contribution in [-0.4, -0.2) is 49.5 Å². The second-order valence-electron chi connectivity index (χ2n) is 9.28. The standard InChI is InChI=1S/C30H34ClN3O3/c1-37-26-14-8-22(9-15-26)20-33-28(35)16-17-29(36)34-19-5-18-32-21-27(34)30(23-6-3-2-4-7-23)24-10-12-25(31)13-11-24/h2-4,6-15,27,30,32H,5,16-21H2,1H3,(H,33,35). The average molecular weight is 520 g/mol. The first-order valence-corrected chi connectivity index (χ1v) is 13.1. The van der Waals surface area contributed by atoms with Gasteiger partial charge in [-0.2, -0.15) is 0 Å². The molecule has 3 aromatic carbocycles. The smallest absolute Gasteiger partial charge is 0.223 e. The Kier molecular flexibility index (Phi) is 9.58. The first kappa shape index (κ1) is 26.7. The normalized spacial score (nSPS) is 16.5. The molecule has 2 unspecified atom stereocenters. The second kappa shape index (κ2) is 13.3. The first-order chi connectivity index (χ1) is 18.0. The number of halogens is 1. The van der Waals surface area contributed by atoms with E-state index in [0.717, 1.165) is 35.4 Å². The van der Waals surface area contributed by atoms with E-state index in [1.807, 2.05) is 71.6 Å². The Bertz CT molecular complexity index is 1150. The maximum atomic E-state index is 13.5. The van der Waals surface area contributed by atoms with Crippen molar-refractivity contribution < 1.29 is 14.3 Å². The van der Waals surface area contributed by atoms with Crippen LogP contribution in [0.3, 0.4) is 0 Å². The number of nitrogens with zero attached hydrogens (tertiary/aromatic N) is 1. The zero-order valence-electron chi connectivity index (χ0n) is 21.2. The molecular weight excluding hydrogens is 486 g/mol. The van der Waals surface area contributed by atoms with Crippen molar-refractivity contribution in [3.63, 3.8) is 0 Å². The molecule has 194 valence electrons. The maximum Gasteiger partial charge on any atom is 0.223 e. The van der Waals surface area contributed by atoms with E-state index in [-0.39, 0.29) is 36.6 Å². The molecule has 2 atom stereocenters. The van der Waals surface area contributed by atoms with Crippen LogP contribution in [-0.2, 0) is 16.1 Å². The van der Waals surface area contributed by atoms with Crippen molar-refractivity contribution in [2.24, 2.45) is 0 Å². The fourth-order valence-electron chi connectivity index (χ4n) is 4.87. The SMILES string of the molecule is COc1ccc(CNC(=O)CCC(=O)N2CCCNCC2C(c2ccccc2)c2ccc(Cl)cc2)cc1. The molecule has 1 aliphatic rings.